The molecule has 0 bridgehead atoms. The maximum atomic E-state index is 5.98. The van der Waals surface area contributed by atoms with Gasteiger partial charge in [0.05, 0.1) is 11.0 Å². The van der Waals surface area contributed by atoms with Crippen molar-refractivity contribution in [1.29, 1.82) is 0 Å². The molecular formula is C13H9Br2N3. The van der Waals surface area contributed by atoms with Crippen molar-refractivity contribution in [1.82, 2.24) is 9.97 Å². The average molecular weight is 367 g/mol. The number of nitrogen functional groups attached to an aromatic ring is 1. The number of nitrogens with one attached hydrogen (secondary N) is 1. The zero-order chi connectivity index (χ0) is 12.7. The summed E-state index contributed by atoms with van der Waals surface area (Å²) in [6.45, 7) is 0. The monoisotopic (exact) mass is 365 g/mol. The van der Waals surface area contributed by atoms with Gasteiger partial charge in [-0.05, 0) is 36.4 Å². The van der Waals surface area contributed by atoms with Crippen LogP contribution in [-0.2, 0) is 0 Å². The molecule has 0 unspecified atom stereocenters. The summed E-state index contributed by atoms with van der Waals surface area (Å²) in [7, 11) is 0. The van der Waals surface area contributed by atoms with Crippen molar-refractivity contribution in [3.05, 3.63) is 45.3 Å². The Morgan fingerprint density at radius 1 is 1.00 bits per heavy atom. The maximum Gasteiger partial charge on any atom is 0.140 e. The highest BCUT2D eigenvalue weighted by Gasteiger charge is 2.09. The van der Waals surface area contributed by atoms with Crippen LogP contribution in [0.25, 0.3) is 22.4 Å². The van der Waals surface area contributed by atoms with Gasteiger partial charge in [0.15, 0.2) is 0 Å². The number of fused-ring (bicyclic) bond motifs is 1. The zero-order valence-corrected chi connectivity index (χ0v) is 12.4. The van der Waals surface area contributed by atoms with E-state index in [4.69, 9.17) is 5.73 Å². The number of aromatic amines is 1. The lowest BCUT2D eigenvalue weighted by Gasteiger charge is -2.02. The standard InChI is InChI=1S/C13H9Br2N3/c14-7-1-3-10(16)9(5-7)13-17-11-4-2-8(15)6-12(11)18-13/h1-6H,16H2,(H,17,18). The number of benzene rings is 2. The summed E-state index contributed by atoms with van der Waals surface area (Å²) in [5, 5.41) is 0. The predicted octanol–water partition coefficient (Wildman–Crippen LogP) is 4.34. The van der Waals surface area contributed by atoms with Gasteiger partial charge in [-0.3, -0.25) is 0 Å². The summed E-state index contributed by atoms with van der Waals surface area (Å²) in [5.74, 6) is 0.780. The van der Waals surface area contributed by atoms with Crippen molar-refractivity contribution in [2.45, 2.75) is 0 Å². The van der Waals surface area contributed by atoms with Crippen molar-refractivity contribution in [3.8, 4) is 11.4 Å². The molecule has 1 heterocycles. The van der Waals surface area contributed by atoms with Gasteiger partial charge in [-0.1, -0.05) is 31.9 Å². The van der Waals surface area contributed by atoms with E-state index in [0.717, 1.165) is 31.4 Å². The van der Waals surface area contributed by atoms with Gasteiger partial charge < -0.3 is 10.7 Å². The average Bonchev–Trinajstić information content (AvgIpc) is 2.74. The lowest BCUT2D eigenvalue weighted by Crippen LogP contribution is -1.91. The fourth-order valence-corrected chi connectivity index (χ4v) is 2.57. The van der Waals surface area contributed by atoms with Crippen LogP contribution in [0.4, 0.5) is 5.69 Å². The number of aromatic nitrogens is 2. The van der Waals surface area contributed by atoms with Crippen LogP contribution in [0.15, 0.2) is 45.3 Å². The number of anilines is 1. The van der Waals surface area contributed by atoms with Crippen LogP contribution in [0.3, 0.4) is 0 Å². The third-order valence-electron chi connectivity index (χ3n) is 2.71. The van der Waals surface area contributed by atoms with Crippen molar-refractivity contribution >= 4 is 48.6 Å². The molecule has 3 N–H and O–H groups in total. The van der Waals surface area contributed by atoms with Gasteiger partial charge in [0, 0.05) is 20.2 Å². The predicted molar refractivity (Wildman–Crippen MR) is 81.3 cm³/mol. The van der Waals surface area contributed by atoms with E-state index in [-0.39, 0.29) is 0 Å². The lowest BCUT2D eigenvalue weighted by molar-refractivity contribution is 1.33. The lowest BCUT2D eigenvalue weighted by atomic mass is 10.2. The molecule has 0 aliphatic heterocycles. The highest BCUT2D eigenvalue weighted by atomic mass is 79.9. The molecular weight excluding hydrogens is 358 g/mol. The maximum absolute atomic E-state index is 5.98. The molecule has 0 radical (unpaired) electrons. The van der Waals surface area contributed by atoms with Crippen LogP contribution >= 0.6 is 31.9 Å². The molecule has 1 aromatic heterocycles. The first-order valence-corrected chi connectivity index (χ1v) is 6.93. The Labute approximate surface area is 121 Å². The summed E-state index contributed by atoms with van der Waals surface area (Å²) >= 11 is 6.89. The topological polar surface area (TPSA) is 54.7 Å². The van der Waals surface area contributed by atoms with Gasteiger partial charge >= 0.3 is 0 Å². The SMILES string of the molecule is Nc1ccc(Br)cc1-c1nc2ccc(Br)cc2[nH]1. The Bertz CT molecular complexity index is 734. The van der Waals surface area contributed by atoms with E-state index in [1.54, 1.807) is 0 Å². The number of hydrogen-bond donors (Lipinski definition) is 2. The molecule has 0 atom stereocenters. The van der Waals surface area contributed by atoms with E-state index in [9.17, 15) is 0 Å². The van der Waals surface area contributed by atoms with Gasteiger partial charge in [-0.15, -0.1) is 0 Å². The quantitative estimate of drug-likeness (QED) is 0.629. The van der Waals surface area contributed by atoms with E-state index in [0.29, 0.717) is 5.69 Å². The molecule has 0 saturated carbocycles. The summed E-state index contributed by atoms with van der Waals surface area (Å²) < 4.78 is 2.00. The van der Waals surface area contributed by atoms with Gasteiger partial charge in [0.25, 0.3) is 0 Å². The molecule has 0 aliphatic carbocycles. The minimum absolute atomic E-state index is 0.705. The molecule has 3 rings (SSSR count). The van der Waals surface area contributed by atoms with Crippen LogP contribution in [0.5, 0.6) is 0 Å². The summed E-state index contributed by atoms with van der Waals surface area (Å²) in [5.41, 5.74) is 9.50. The highest BCUT2D eigenvalue weighted by Crippen LogP contribution is 2.29. The van der Waals surface area contributed by atoms with E-state index >= 15 is 0 Å². The molecule has 0 amide bonds. The Morgan fingerprint density at radius 2 is 1.72 bits per heavy atom. The first-order chi connectivity index (χ1) is 8.63. The van der Waals surface area contributed by atoms with Gasteiger partial charge in [0.1, 0.15) is 5.82 Å². The summed E-state index contributed by atoms with van der Waals surface area (Å²) in [6, 6.07) is 11.7. The zero-order valence-electron chi connectivity index (χ0n) is 9.24. The number of imidazole rings is 1. The second-order valence-electron chi connectivity index (χ2n) is 3.98. The molecule has 0 saturated heterocycles. The fraction of sp³-hybridized carbons (Fsp3) is 0. The molecule has 2 aromatic carbocycles. The van der Waals surface area contributed by atoms with Crippen LogP contribution in [0, 0.1) is 0 Å². The Balaban J connectivity index is 2.22. The largest absolute Gasteiger partial charge is 0.398 e. The van der Waals surface area contributed by atoms with Crippen molar-refractivity contribution in [2.24, 2.45) is 0 Å². The Morgan fingerprint density at radius 3 is 2.56 bits per heavy atom. The number of H-pyrrole nitrogens is 1. The van der Waals surface area contributed by atoms with Crippen LogP contribution in [0.2, 0.25) is 0 Å². The van der Waals surface area contributed by atoms with Crippen LogP contribution in [0.1, 0.15) is 0 Å². The van der Waals surface area contributed by atoms with E-state index in [1.807, 2.05) is 36.4 Å². The Kier molecular flexibility index (Phi) is 2.87. The third kappa shape index (κ3) is 2.04. The second kappa shape index (κ2) is 4.40. The highest BCUT2D eigenvalue weighted by molar-refractivity contribution is 9.10. The van der Waals surface area contributed by atoms with Crippen LogP contribution in [-0.4, -0.2) is 9.97 Å². The molecule has 0 spiro atoms. The van der Waals surface area contributed by atoms with Crippen molar-refractivity contribution < 1.29 is 0 Å². The fourth-order valence-electron chi connectivity index (χ4n) is 1.84. The third-order valence-corrected chi connectivity index (χ3v) is 3.70. The van der Waals surface area contributed by atoms with Gasteiger partial charge in [-0.2, -0.15) is 0 Å². The molecule has 0 fully saturated rings. The summed E-state index contributed by atoms with van der Waals surface area (Å²) in [4.78, 5) is 7.83. The van der Waals surface area contributed by atoms with E-state index < -0.39 is 0 Å². The molecule has 3 nitrogen and oxygen atoms in total. The smallest absolute Gasteiger partial charge is 0.140 e. The second-order valence-corrected chi connectivity index (χ2v) is 5.81. The number of nitrogens with zero attached hydrogens (tertiary/aromatic N) is 1. The van der Waals surface area contributed by atoms with E-state index in [2.05, 4.69) is 41.8 Å². The molecule has 5 heteroatoms. The minimum atomic E-state index is 0.705. The number of hydrogen-bond acceptors (Lipinski definition) is 2. The number of nitrogens with two attached hydrogens (primary N) is 1. The molecule has 90 valence electrons. The van der Waals surface area contributed by atoms with E-state index in [1.165, 1.54) is 0 Å². The molecule has 18 heavy (non-hydrogen) atoms. The van der Waals surface area contributed by atoms with Gasteiger partial charge in [0.2, 0.25) is 0 Å². The molecule has 0 aliphatic rings. The van der Waals surface area contributed by atoms with Crippen molar-refractivity contribution in [3.63, 3.8) is 0 Å². The van der Waals surface area contributed by atoms with Crippen LogP contribution < -0.4 is 5.73 Å². The first-order valence-electron chi connectivity index (χ1n) is 5.34. The van der Waals surface area contributed by atoms with Crippen molar-refractivity contribution in [2.75, 3.05) is 5.73 Å². The number of halogens is 2. The molecule has 3 aromatic rings. The van der Waals surface area contributed by atoms with Gasteiger partial charge in [-0.25, -0.2) is 4.98 Å². The number of rotatable bonds is 1. The minimum Gasteiger partial charge on any atom is -0.398 e. The Hall–Kier alpha value is -1.33. The summed E-state index contributed by atoms with van der Waals surface area (Å²) in [6.07, 6.45) is 0. The first kappa shape index (κ1) is 11.7. The normalized spacial score (nSPS) is 11.0.